The summed E-state index contributed by atoms with van der Waals surface area (Å²) in [6.45, 7) is 6.83. The van der Waals surface area contributed by atoms with Crippen molar-refractivity contribution in [3.8, 4) is 0 Å². The summed E-state index contributed by atoms with van der Waals surface area (Å²) >= 11 is 0. The van der Waals surface area contributed by atoms with Gasteiger partial charge < -0.3 is 44.3 Å². The van der Waals surface area contributed by atoms with Crippen LogP contribution in [0.4, 0.5) is 0 Å². The Balaban J connectivity index is 2.55. The second-order valence-corrected chi connectivity index (χ2v) is 11.4. The minimum absolute atomic E-state index is 0.0341. The van der Waals surface area contributed by atoms with Crippen molar-refractivity contribution < 1.29 is 53.8 Å². The van der Waals surface area contributed by atoms with E-state index in [4.69, 9.17) is 18.9 Å². The molecule has 234 valence electrons. The van der Waals surface area contributed by atoms with E-state index in [9.17, 15) is 34.8 Å². The van der Waals surface area contributed by atoms with E-state index in [1.54, 1.807) is 58.0 Å². The number of nitrogens with zero attached hydrogens (tertiary/aromatic N) is 1. The van der Waals surface area contributed by atoms with Gasteiger partial charge in [0.2, 0.25) is 0 Å². The molecule has 0 saturated carbocycles. The van der Waals surface area contributed by atoms with Crippen LogP contribution in [0.15, 0.2) is 24.3 Å². The van der Waals surface area contributed by atoms with E-state index < -0.39 is 91.7 Å². The van der Waals surface area contributed by atoms with Crippen LogP contribution in [0.2, 0.25) is 0 Å². The number of ether oxygens (including phenoxy) is 4. The summed E-state index contributed by atoms with van der Waals surface area (Å²) in [6.07, 6.45) is -3.50. The summed E-state index contributed by atoms with van der Waals surface area (Å²) in [5, 5.41) is 42.7. The van der Waals surface area contributed by atoms with E-state index in [0.717, 1.165) is 0 Å². The number of hydrogen-bond acceptors (Lipinski definition) is 11. The fourth-order valence-electron chi connectivity index (χ4n) is 5.35. The van der Waals surface area contributed by atoms with Crippen LogP contribution in [0.25, 0.3) is 0 Å². The Morgan fingerprint density at radius 3 is 2.27 bits per heavy atom. The fraction of sp³-hybridized carbons (Fsp3) is 0.759. The third-order valence-electron chi connectivity index (χ3n) is 7.93. The number of rotatable bonds is 6. The van der Waals surface area contributed by atoms with Crippen LogP contribution in [-0.2, 0) is 33.3 Å². The van der Waals surface area contributed by atoms with Crippen LogP contribution >= 0.6 is 0 Å². The van der Waals surface area contributed by atoms with Gasteiger partial charge in [-0.3, -0.25) is 14.4 Å². The van der Waals surface area contributed by atoms with E-state index in [0.29, 0.717) is 0 Å². The van der Waals surface area contributed by atoms with Crippen LogP contribution in [0.3, 0.4) is 0 Å². The van der Waals surface area contributed by atoms with Gasteiger partial charge in [-0.15, -0.1) is 0 Å². The molecule has 0 bridgehead atoms. The molecule has 2 heterocycles. The number of aliphatic hydroxyl groups is 3. The molecule has 0 aromatic heterocycles. The first-order chi connectivity index (χ1) is 19.2. The number of carbonyl (C=O) groups is 3. The molecule has 2 rings (SSSR count). The maximum atomic E-state index is 12.9. The lowest BCUT2D eigenvalue weighted by Gasteiger charge is -2.46. The molecule has 4 N–H and O–H groups in total. The highest BCUT2D eigenvalue weighted by Crippen LogP contribution is 2.33. The minimum atomic E-state index is -1.49. The maximum absolute atomic E-state index is 12.9. The number of carboxylic acid groups (broad SMARTS) is 1. The molecule has 1 fully saturated rings. The van der Waals surface area contributed by atoms with Gasteiger partial charge in [-0.1, -0.05) is 32.1 Å². The number of hydrogen-bond donors (Lipinski definition) is 4. The number of methoxy groups -OCH3 is 1. The molecule has 0 spiro atoms. The van der Waals surface area contributed by atoms with Crippen LogP contribution in [0, 0.1) is 17.8 Å². The van der Waals surface area contributed by atoms with Gasteiger partial charge in [0.25, 0.3) is 0 Å². The molecular formula is C29H47NO11. The van der Waals surface area contributed by atoms with Gasteiger partial charge in [-0.2, -0.15) is 0 Å². The third kappa shape index (κ3) is 9.67. The number of ketones is 1. The van der Waals surface area contributed by atoms with Crippen LogP contribution in [0.1, 0.15) is 47.0 Å². The summed E-state index contributed by atoms with van der Waals surface area (Å²) in [5.74, 6) is -3.83. The van der Waals surface area contributed by atoms with Crippen molar-refractivity contribution in [2.75, 3.05) is 21.2 Å². The Morgan fingerprint density at radius 2 is 1.68 bits per heavy atom. The van der Waals surface area contributed by atoms with Gasteiger partial charge >= 0.3 is 11.9 Å². The maximum Gasteiger partial charge on any atom is 0.308 e. The van der Waals surface area contributed by atoms with Gasteiger partial charge in [0, 0.05) is 18.9 Å². The Hall–Kier alpha value is -2.19. The van der Waals surface area contributed by atoms with Crippen molar-refractivity contribution in [2.24, 2.45) is 17.8 Å². The largest absolute Gasteiger partial charge is 0.481 e. The van der Waals surface area contributed by atoms with Gasteiger partial charge in [-0.25, -0.2) is 0 Å². The normalized spacial score (nSPS) is 41.5. The van der Waals surface area contributed by atoms with E-state index >= 15 is 0 Å². The summed E-state index contributed by atoms with van der Waals surface area (Å²) in [6, 6.07) is -0.782. The highest BCUT2D eigenvalue weighted by Gasteiger charge is 2.48. The van der Waals surface area contributed by atoms with Crippen LogP contribution in [0.5, 0.6) is 0 Å². The molecule has 0 aromatic rings. The Kier molecular flexibility index (Phi) is 13.6. The molecule has 41 heavy (non-hydrogen) atoms. The van der Waals surface area contributed by atoms with E-state index in [1.807, 2.05) is 6.92 Å². The first-order valence-corrected chi connectivity index (χ1v) is 14.0. The van der Waals surface area contributed by atoms with Crippen molar-refractivity contribution in [3.05, 3.63) is 24.3 Å². The van der Waals surface area contributed by atoms with Gasteiger partial charge in [0.05, 0.1) is 43.3 Å². The second-order valence-electron chi connectivity index (χ2n) is 11.4. The van der Waals surface area contributed by atoms with E-state index in [-0.39, 0.29) is 18.1 Å². The molecule has 3 unspecified atom stereocenters. The van der Waals surface area contributed by atoms with Gasteiger partial charge in [0.1, 0.15) is 18.3 Å². The average molecular weight is 586 g/mol. The van der Waals surface area contributed by atoms with Gasteiger partial charge in [-0.05, 0) is 46.4 Å². The van der Waals surface area contributed by atoms with Crippen LogP contribution < -0.4 is 0 Å². The number of esters is 1. The molecule has 2 aliphatic rings. The average Bonchev–Trinajstić information content (AvgIpc) is 2.87. The minimum Gasteiger partial charge on any atom is -0.481 e. The van der Waals surface area contributed by atoms with Crippen molar-refractivity contribution in [1.29, 1.82) is 0 Å². The topological polar surface area (TPSA) is 172 Å². The number of aliphatic hydroxyl groups excluding tert-OH is 3. The standard InChI is InChI=1S/C29H47NO11/c1-15-10-8-9-11-20(31)16(2)12-19(13-22(33)34)27(28(38-7)21(32)14-23(35)39-17(15)3)41-29-26(37)24(30(5)6)25(36)18(4)40-29/h8-11,15-19,21,24-29,32,36-37H,12-14H2,1-7H3,(H,33,34)/b10-8+,11-9+/t15-,16+,17+,18+,19+,21+,24?,25?,26?,27-,28-,29-/m0/s1. The smallest absolute Gasteiger partial charge is 0.308 e. The summed E-state index contributed by atoms with van der Waals surface area (Å²) in [7, 11) is 4.64. The number of cyclic esters (lactones) is 1. The molecule has 0 aliphatic carbocycles. The number of carboxylic acids is 1. The predicted molar refractivity (Wildman–Crippen MR) is 148 cm³/mol. The summed E-state index contributed by atoms with van der Waals surface area (Å²) in [4.78, 5) is 39.3. The fourth-order valence-corrected chi connectivity index (χ4v) is 5.35. The second kappa shape index (κ2) is 15.9. The number of likely N-dealkylation sites (N-methyl/N-ethyl adjacent to an activating group) is 1. The Bertz CT molecular complexity index is 938. The third-order valence-corrected chi connectivity index (χ3v) is 7.93. The lowest BCUT2D eigenvalue weighted by atomic mass is 9.82. The molecule has 12 atom stereocenters. The molecule has 12 heteroatoms. The van der Waals surface area contributed by atoms with Crippen molar-refractivity contribution >= 4 is 17.7 Å². The summed E-state index contributed by atoms with van der Waals surface area (Å²) in [5.41, 5.74) is 0. The SMILES string of the molecule is CO[C@@H]1[C@@H](O[C@@H]2O[C@H](C)C(O)C(N(C)C)C2O)[C@@H](CC(=O)O)C[C@@H](C)C(=O)/C=C/C=C/[C@H](C)[C@@H](C)OC(=O)C[C@H]1O. The Morgan fingerprint density at radius 1 is 1.02 bits per heavy atom. The lowest BCUT2D eigenvalue weighted by Crippen LogP contribution is -2.63. The molecule has 2 aliphatic heterocycles. The molecule has 1 saturated heterocycles. The van der Waals surface area contributed by atoms with Crippen molar-refractivity contribution in [3.63, 3.8) is 0 Å². The first-order valence-electron chi connectivity index (χ1n) is 14.0. The molecule has 0 amide bonds. The monoisotopic (exact) mass is 585 g/mol. The number of carbonyl (C=O) groups excluding carboxylic acids is 2. The zero-order valence-electron chi connectivity index (χ0n) is 25.0. The lowest BCUT2D eigenvalue weighted by molar-refractivity contribution is -0.309. The Labute approximate surface area is 241 Å². The van der Waals surface area contributed by atoms with E-state index in [2.05, 4.69) is 0 Å². The van der Waals surface area contributed by atoms with Crippen LogP contribution in [-0.4, -0.2) is 119 Å². The van der Waals surface area contributed by atoms with E-state index in [1.165, 1.54) is 13.2 Å². The van der Waals surface area contributed by atoms with Gasteiger partial charge in [0.15, 0.2) is 12.1 Å². The quantitative estimate of drug-likeness (QED) is 0.325. The number of aliphatic carboxylic acids is 1. The first kappa shape index (κ1) is 35.0. The molecule has 0 radical (unpaired) electrons. The summed E-state index contributed by atoms with van der Waals surface area (Å²) < 4.78 is 23.1. The highest BCUT2D eigenvalue weighted by molar-refractivity contribution is 5.91. The zero-order valence-corrected chi connectivity index (χ0v) is 25.0. The molecule has 0 aromatic carbocycles. The molecular weight excluding hydrogens is 538 g/mol. The number of allylic oxidation sites excluding steroid dienone is 3. The van der Waals surface area contributed by atoms with Crippen molar-refractivity contribution in [2.45, 2.75) is 102 Å². The molecule has 12 nitrogen and oxygen atoms in total. The predicted octanol–water partition coefficient (Wildman–Crippen LogP) is 0.914. The zero-order chi connectivity index (χ0) is 31.0. The highest BCUT2D eigenvalue weighted by atomic mass is 16.7. The van der Waals surface area contributed by atoms with Crippen molar-refractivity contribution in [1.82, 2.24) is 4.90 Å².